The molecule has 0 spiro atoms. The van der Waals surface area contributed by atoms with Gasteiger partial charge in [0.1, 0.15) is 0 Å². The first-order valence-electron chi connectivity index (χ1n) is 6.58. The molecule has 0 bridgehead atoms. The van der Waals surface area contributed by atoms with Crippen LogP contribution in [0.2, 0.25) is 0 Å². The van der Waals surface area contributed by atoms with E-state index in [4.69, 9.17) is 0 Å². The molecule has 0 aliphatic carbocycles. The Hall–Kier alpha value is -1.61. The summed E-state index contributed by atoms with van der Waals surface area (Å²) in [6, 6.07) is 9.74. The predicted molar refractivity (Wildman–Crippen MR) is 80.8 cm³/mol. The van der Waals surface area contributed by atoms with Crippen molar-refractivity contribution < 1.29 is 4.79 Å². The fourth-order valence-corrected chi connectivity index (χ4v) is 1.62. The second kappa shape index (κ2) is 6.53. The van der Waals surface area contributed by atoms with Crippen molar-refractivity contribution in [3.63, 3.8) is 0 Å². The summed E-state index contributed by atoms with van der Waals surface area (Å²) in [5.41, 5.74) is 1.87. The molecule has 2 N–H and O–H groups in total. The number of carbonyl (C=O) groups excluding carboxylic acids is 1. The Kier molecular flexibility index (Phi) is 5.31. The fourth-order valence-electron chi connectivity index (χ4n) is 1.62. The van der Waals surface area contributed by atoms with Crippen LogP contribution in [0.4, 0.5) is 0 Å². The quantitative estimate of drug-likeness (QED) is 0.854. The smallest absolute Gasteiger partial charge is 0.237 e. The molecular formula is C16H24N2O. The van der Waals surface area contributed by atoms with Crippen LogP contribution >= 0.6 is 0 Å². The molecule has 1 rings (SSSR count). The van der Waals surface area contributed by atoms with Crippen LogP contribution in [0.25, 0.3) is 5.57 Å². The van der Waals surface area contributed by atoms with Gasteiger partial charge in [-0.15, -0.1) is 0 Å². The van der Waals surface area contributed by atoms with Gasteiger partial charge in [-0.3, -0.25) is 4.79 Å². The van der Waals surface area contributed by atoms with Crippen LogP contribution in [-0.2, 0) is 4.79 Å². The summed E-state index contributed by atoms with van der Waals surface area (Å²) in [5, 5.41) is 6.14. The van der Waals surface area contributed by atoms with Gasteiger partial charge >= 0.3 is 0 Å². The maximum absolute atomic E-state index is 11.9. The van der Waals surface area contributed by atoms with Gasteiger partial charge in [-0.1, -0.05) is 36.9 Å². The number of amides is 1. The van der Waals surface area contributed by atoms with Crippen molar-refractivity contribution in [3.05, 3.63) is 42.5 Å². The molecule has 1 amide bonds. The molecule has 1 aromatic carbocycles. The fraction of sp³-hybridized carbons (Fsp3) is 0.438. The van der Waals surface area contributed by atoms with E-state index in [2.05, 4.69) is 17.2 Å². The predicted octanol–water partition coefficient (Wildman–Crippen LogP) is 2.59. The highest BCUT2D eigenvalue weighted by molar-refractivity contribution is 5.82. The van der Waals surface area contributed by atoms with Crippen LogP contribution in [0.3, 0.4) is 0 Å². The Labute approximate surface area is 116 Å². The van der Waals surface area contributed by atoms with Gasteiger partial charge < -0.3 is 10.6 Å². The topological polar surface area (TPSA) is 41.1 Å². The molecule has 3 heteroatoms. The summed E-state index contributed by atoms with van der Waals surface area (Å²) in [6.07, 6.45) is 0. The van der Waals surface area contributed by atoms with Crippen molar-refractivity contribution in [1.82, 2.24) is 10.6 Å². The number of carbonyl (C=O) groups is 1. The molecule has 1 aromatic rings. The third-order valence-corrected chi connectivity index (χ3v) is 2.70. The number of rotatable bonds is 5. The van der Waals surface area contributed by atoms with Crippen molar-refractivity contribution >= 4 is 11.5 Å². The molecule has 0 saturated carbocycles. The lowest BCUT2D eigenvalue weighted by atomic mass is 10.1. The highest BCUT2D eigenvalue weighted by atomic mass is 16.2. The third kappa shape index (κ3) is 5.71. The van der Waals surface area contributed by atoms with E-state index in [-0.39, 0.29) is 17.5 Å². The monoisotopic (exact) mass is 260 g/mol. The van der Waals surface area contributed by atoms with E-state index in [1.807, 2.05) is 58.0 Å². The molecule has 0 saturated heterocycles. The van der Waals surface area contributed by atoms with Gasteiger partial charge in [0.05, 0.1) is 6.04 Å². The lowest BCUT2D eigenvalue weighted by molar-refractivity contribution is -0.124. The average Bonchev–Trinajstić information content (AvgIpc) is 2.34. The maximum atomic E-state index is 11.9. The van der Waals surface area contributed by atoms with Gasteiger partial charge in [0.2, 0.25) is 5.91 Å². The standard InChI is InChI=1S/C16H24N2O/c1-12(14-9-7-6-8-10-14)11-17-13(2)15(19)18-16(3,4)5/h6-10,13,17H,1,11H2,2-5H3,(H,18,19). The van der Waals surface area contributed by atoms with Crippen LogP contribution in [0.5, 0.6) is 0 Å². The maximum Gasteiger partial charge on any atom is 0.237 e. The minimum atomic E-state index is -0.236. The summed E-state index contributed by atoms with van der Waals surface area (Å²) in [7, 11) is 0. The van der Waals surface area contributed by atoms with Crippen molar-refractivity contribution in [2.45, 2.75) is 39.3 Å². The molecular weight excluding hydrogens is 236 g/mol. The van der Waals surface area contributed by atoms with Crippen molar-refractivity contribution in [2.24, 2.45) is 0 Å². The first kappa shape index (κ1) is 15.4. The van der Waals surface area contributed by atoms with Gasteiger partial charge in [-0.2, -0.15) is 0 Å². The summed E-state index contributed by atoms with van der Waals surface area (Å²) in [6.45, 7) is 12.4. The summed E-state index contributed by atoms with van der Waals surface area (Å²) < 4.78 is 0. The van der Waals surface area contributed by atoms with Gasteiger partial charge in [0, 0.05) is 12.1 Å². The first-order chi connectivity index (χ1) is 8.79. The summed E-state index contributed by atoms with van der Waals surface area (Å²) >= 11 is 0. The molecule has 0 fully saturated rings. The Morgan fingerprint density at radius 2 is 1.84 bits per heavy atom. The van der Waals surface area contributed by atoms with Crippen LogP contribution in [0.1, 0.15) is 33.3 Å². The van der Waals surface area contributed by atoms with E-state index in [1.54, 1.807) is 0 Å². The number of benzene rings is 1. The van der Waals surface area contributed by atoms with Gasteiger partial charge in [0.25, 0.3) is 0 Å². The van der Waals surface area contributed by atoms with Gasteiger partial charge in [0.15, 0.2) is 0 Å². The van der Waals surface area contributed by atoms with Crippen molar-refractivity contribution in [3.8, 4) is 0 Å². The minimum Gasteiger partial charge on any atom is -0.350 e. The molecule has 1 unspecified atom stereocenters. The highest BCUT2D eigenvalue weighted by Gasteiger charge is 2.18. The van der Waals surface area contributed by atoms with Crippen LogP contribution in [0, 0.1) is 0 Å². The Morgan fingerprint density at radius 3 is 2.37 bits per heavy atom. The summed E-state index contributed by atoms with van der Waals surface area (Å²) in [5.74, 6) is 0.00774. The third-order valence-electron chi connectivity index (χ3n) is 2.70. The first-order valence-corrected chi connectivity index (χ1v) is 6.58. The second-order valence-electron chi connectivity index (χ2n) is 5.81. The molecule has 0 aliphatic heterocycles. The molecule has 0 aromatic heterocycles. The molecule has 1 atom stereocenters. The number of nitrogens with one attached hydrogen (secondary N) is 2. The zero-order valence-corrected chi connectivity index (χ0v) is 12.3. The van der Waals surface area contributed by atoms with E-state index in [1.165, 1.54) is 0 Å². The average molecular weight is 260 g/mol. The zero-order valence-electron chi connectivity index (χ0n) is 12.3. The van der Waals surface area contributed by atoms with Gasteiger partial charge in [-0.25, -0.2) is 0 Å². The highest BCUT2D eigenvalue weighted by Crippen LogP contribution is 2.10. The SMILES string of the molecule is C=C(CNC(C)C(=O)NC(C)(C)C)c1ccccc1. The molecule has 104 valence electrons. The van der Waals surface area contributed by atoms with Crippen LogP contribution in [-0.4, -0.2) is 24.0 Å². The molecule has 19 heavy (non-hydrogen) atoms. The van der Waals surface area contributed by atoms with Gasteiger partial charge in [-0.05, 0) is 38.8 Å². The van der Waals surface area contributed by atoms with E-state index in [9.17, 15) is 4.79 Å². The molecule has 3 nitrogen and oxygen atoms in total. The normalized spacial score (nSPS) is 12.8. The molecule has 0 radical (unpaired) electrons. The number of hydrogen-bond donors (Lipinski definition) is 2. The van der Waals surface area contributed by atoms with E-state index in [0.29, 0.717) is 6.54 Å². The van der Waals surface area contributed by atoms with E-state index in [0.717, 1.165) is 11.1 Å². The van der Waals surface area contributed by atoms with E-state index >= 15 is 0 Å². The Morgan fingerprint density at radius 1 is 1.26 bits per heavy atom. The summed E-state index contributed by atoms with van der Waals surface area (Å²) in [4.78, 5) is 11.9. The lowest BCUT2D eigenvalue weighted by Crippen LogP contribution is -2.49. The van der Waals surface area contributed by atoms with Crippen molar-refractivity contribution in [1.29, 1.82) is 0 Å². The number of hydrogen-bond acceptors (Lipinski definition) is 2. The van der Waals surface area contributed by atoms with Crippen LogP contribution < -0.4 is 10.6 Å². The van der Waals surface area contributed by atoms with Crippen molar-refractivity contribution in [2.75, 3.05) is 6.54 Å². The second-order valence-corrected chi connectivity index (χ2v) is 5.81. The Bertz CT molecular complexity index is 432. The molecule has 0 aliphatic rings. The zero-order chi connectivity index (χ0) is 14.5. The lowest BCUT2D eigenvalue weighted by Gasteiger charge is -2.24. The Balaban J connectivity index is 2.44. The van der Waals surface area contributed by atoms with Crippen LogP contribution in [0.15, 0.2) is 36.9 Å². The molecule has 0 heterocycles. The largest absolute Gasteiger partial charge is 0.350 e. The van der Waals surface area contributed by atoms with E-state index < -0.39 is 0 Å². The minimum absolute atomic E-state index is 0.00774.